The van der Waals surface area contributed by atoms with Gasteiger partial charge in [0.2, 0.25) is 5.91 Å². The zero-order valence-corrected chi connectivity index (χ0v) is 16.2. The number of ether oxygens (including phenoxy) is 1. The molecule has 9 heteroatoms. The first-order valence-electron chi connectivity index (χ1n) is 9.02. The summed E-state index contributed by atoms with van der Waals surface area (Å²) in [4.78, 5) is 27.5. The van der Waals surface area contributed by atoms with Crippen molar-refractivity contribution in [2.24, 2.45) is 4.99 Å². The first-order chi connectivity index (χ1) is 12.9. The topological polar surface area (TPSA) is 114 Å². The molecule has 0 aromatic heterocycles. The minimum Gasteiger partial charge on any atom is -0.466 e. The summed E-state index contributed by atoms with van der Waals surface area (Å²) in [5.74, 6) is -0.368. The van der Waals surface area contributed by atoms with E-state index in [0.29, 0.717) is 24.5 Å². The molecule has 0 saturated heterocycles. The van der Waals surface area contributed by atoms with Crippen LogP contribution in [-0.2, 0) is 24.3 Å². The highest BCUT2D eigenvalue weighted by molar-refractivity contribution is 7.90. The summed E-state index contributed by atoms with van der Waals surface area (Å²) >= 11 is 0. The maximum atomic E-state index is 12.6. The summed E-state index contributed by atoms with van der Waals surface area (Å²) in [5, 5.41) is 2.60. The number of esters is 1. The quantitative estimate of drug-likeness (QED) is 0.687. The van der Waals surface area contributed by atoms with Crippen molar-refractivity contribution in [2.45, 2.75) is 50.3 Å². The van der Waals surface area contributed by atoms with Crippen LogP contribution in [0.5, 0.6) is 0 Å². The van der Waals surface area contributed by atoms with Crippen molar-refractivity contribution in [1.82, 2.24) is 4.72 Å². The van der Waals surface area contributed by atoms with E-state index in [2.05, 4.69) is 15.0 Å². The molecule has 8 nitrogen and oxygen atoms in total. The number of anilines is 1. The van der Waals surface area contributed by atoms with Crippen molar-refractivity contribution in [3.8, 4) is 0 Å². The van der Waals surface area contributed by atoms with E-state index >= 15 is 0 Å². The van der Waals surface area contributed by atoms with E-state index in [-0.39, 0.29) is 24.3 Å². The van der Waals surface area contributed by atoms with Gasteiger partial charge in [-0.15, -0.1) is 0 Å². The minimum atomic E-state index is -3.77. The zero-order chi connectivity index (χ0) is 19.7. The summed E-state index contributed by atoms with van der Waals surface area (Å²) in [5.41, 5.74) is 0.342. The van der Waals surface area contributed by atoms with Gasteiger partial charge < -0.3 is 10.1 Å². The van der Waals surface area contributed by atoms with Gasteiger partial charge in [0.05, 0.1) is 17.9 Å². The van der Waals surface area contributed by atoms with Gasteiger partial charge in [-0.3, -0.25) is 19.3 Å². The summed E-state index contributed by atoms with van der Waals surface area (Å²) < 4.78 is 32.4. The lowest BCUT2D eigenvalue weighted by molar-refractivity contribution is -0.144. The van der Waals surface area contributed by atoms with Crippen LogP contribution in [0.15, 0.2) is 34.2 Å². The molecule has 0 atom stereocenters. The molecule has 1 aromatic carbocycles. The van der Waals surface area contributed by atoms with Crippen molar-refractivity contribution < 1.29 is 22.7 Å². The van der Waals surface area contributed by atoms with Gasteiger partial charge in [0.15, 0.2) is 0 Å². The second kappa shape index (κ2) is 10.1. The molecule has 0 fully saturated rings. The normalized spacial score (nSPS) is 14.6. The number of carbonyl (C=O) groups is 2. The van der Waals surface area contributed by atoms with Crippen LogP contribution < -0.4 is 10.0 Å². The standard InChI is InChI=1S/C18H25N3O5S/c1-2-26-18(23)11-10-17(22)20-14-7-6-8-15(13-14)27(24,25)21-16-9-4-3-5-12-19-16/h6-8,13H,2-5,9-12H2,1H3,(H,19,21)(H,20,22). The van der Waals surface area contributed by atoms with Gasteiger partial charge in [-0.05, 0) is 38.0 Å². The van der Waals surface area contributed by atoms with Crippen LogP contribution in [0, 0.1) is 0 Å². The highest BCUT2D eigenvalue weighted by atomic mass is 32.2. The van der Waals surface area contributed by atoms with Crippen LogP contribution in [0.2, 0.25) is 0 Å². The lowest BCUT2D eigenvalue weighted by Gasteiger charge is -2.11. The van der Waals surface area contributed by atoms with Gasteiger partial charge in [-0.1, -0.05) is 12.5 Å². The lowest BCUT2D eigenvalue weighted by atomic mass is 10.2. The minimum absolute atomic E-state index is 0.0287. The molecule has 0 unspecified atom stereocenters. The lowest BCUT2D eigenvalue weighted by Crippen LogP contribution is -2.30. The predicted molar refractivity (Wildman–Crippen MR) is 102 cm³/mol. The number of benzene rings is 1. The zero-order valence-electron chi connectivity index (χ0n) is 15.4. The van der Waals surface area contributed by atoms with Gasteiger partial charge in [-0.2, -0.15) is 0 Å². The Morgan fingerprint density at radius 3 is 2.78 bits per heavy atom. The number of aliphatic imine (C=N–C) groups is 1. The Kier molecular flexibility index (Phi) is 7.78. The SMILES string of the molecule is CCOC(=O)CCC(=O)Nc1cccc(S(=O)(=O)NC2=NCCCCC2)c1. The van der Waals surface area contributed by atoms with Crippen molar-refractivity contribution in [3.63, 3.8) is 0 Å². The van der Waals surface area contributed by atoms with Crippen molar-refractivity contribution >= 4 is 33.4 Å². The van der Waals surface area contributed by atoms with Crippen molar-refractivity contribution in [1.29, 1.82) is 0 Å². The van der Waals surface area contributed by atoms with Crippen LogP contribution in [-0.4, -0.2) is 39.3 Å². The summed E-state index contributed by atoms with van der Waals surface area (Å²) in [6, 6.07) is 5.96. The Balaban J connectivity index is 2.00. The number of sulfonamides is 1. The maximum absolute atomic E-state index is 12.6. The molecule has 1 heterocycles. The molecule has 0 spiro atoms. The van der Waals surface area contributed by atoms with E-state index in [1.807, 2.05) is 0 Å². The third-order valence-electron chi connectivity index (χ3n) is 3.92. The van der Waals surface area contributed by atoms with Gasteiger partial charge in [0, 0.05) is 25.1 Å². The number of rotatable bonds is 7. The number of amides is 1. The van der Waals surface area contributed by atoms with Gasteiger partial charge in [-0.25, -0.2) is 8.42 Å². The molecule has 2 rings (SSSR count). The Morgan fingerprint density at radius 1 is 1.19 bits per heavy atom. The van der Waals surface area contributed by atoms with E-state index < -0.39 is 21.9 Å². The Morgan fingerprint density at radius 2 is 2.00 bits per heavy atom. The fraction of sp³-hybridized carbons (Fsp3) is 0.500. The van der Waals surface area contributed by atoms with E-state index in [1.54, 1.807) is 19.1 Å². The molecule has 0 radical (unpaired) electrons. The Labute approximate surface area is 159 Å². The van der Waals surface area contributed by atoms with Crippen LogP contribution in [0.3, 0.4) is 0 Å². The summed E-state index contributed by atoms with van der Waals surface area (Å²) in [6.07, 6.45) is 3.42. The Bertz CT molecular complexity index is 805. The van der Waals surface area contributed by atoms with Crippen LogP contribution in [0.4, 0.5) is 5.69 Å². The van der Waals surface area contributed by atoms with Crippen LogP contribution in [0.25, 0.3) is 0 Å². The smallest absolute Gasteiger partial charge is 0.306 e. The average molecular weight is 395 g/mol. The number of hydrogen-bond acceptors (Lipinski definition) is 6. The van der Waals surface area contributed by atoms with E-state index in [1.165, 1.54) is 12.1 Å². The maximum Gasteiger partial charge on any atom is 0.306 e. The third kappa shape index (κ3) is 7.01. The second-order valence-electron chi connectivity index (χ2n) is 6.13. The van der Waals surface area contributed by atoms with Gasteiger partial charge in [0.25, 0.3) is 10.0 Å². The van der Waals surface area contributed by atoms with E-state index in [9.17, 15) is 18.0 Å². The average Bonchev–Trinajstić information content (AvgIpc) is 2.89. The molecule has 0 bridgehead atoms. The second-order valence-corrected chi connectivity index (χ2v) is 7.81. The molecular weight excluding hydrogens is 370 g/mol. The molecule has 1 aromatic rings. The number of nitrogens with zero attached hydrogens (tertiary/aromatic N) is 1. The summed E-state index contributed by atoms with van der Waals surface area (Å²) in [6.45, 7) is 2.58. The molecule has 1 aliphatic heterocycles. The van der Waals surface area contributed by atoms with Gasteiger partial charge >= 0.3 is 5.97 Å². The molecule has 1 aliphatic rings. The molecular formula is C18H25N3O5S. The number of nitrogens with one attached hydrogen (secondary N) is 2. The molecule has 148 valence electrons. The number of carbonyl (C=O) groups excluding carboxylic acids is 2. The molecule has 1 amide bonds. The van der Waals surface area contributed by atoms with Crippen LogP contribution in [0.1, 0.15) is 45.4 Å². The molecule has 0 saturated carbocycles. The fourth-order valence-electron chi connectivity index (χ4n) is 2.58. The first kappa shape index (κ1) is 20.9. The molecule has 27 heavy (non-hydrogen) atoms. The highest BCUT2D eigenvalue weighted by Crippen LogP contribution is 2.17. The monoisotopic (exact) mass is 395 g/mol. The predicted octanol–water partition coefficient (Wildman–Crippen LogP) is 2.22. The van der Waals surface area contributed by atoms with Crippen LogP contribution >= 0.6 is 0 Å². The first-order valence-corrected chi connectivity index (χ1v) is 10.5. The third-order valence-corrected chi connectivity index (χ3v) is 5.30. The van der Waals surface area contributed by atoms with Crippen molar-refractivity contribution in [3.05, 3.63) is 24.3 Å². The molecule has 2 N–H and O–H groups in total. The highest BCUT2D eigenvalue weighted by Gasteiger charge is 2.18. The Hall–Kier alpha value is -2.42. The van der Waals surface area contributed by atoms with Crippen molar-refractivity contribution in [2.75, 3.05) is 18.5 Å². The number of amidine groups is 1. The molecule has 0 aliphatic carbocycles. The largest absolute Gasteiger partial charge is 0.466 e. The van der Waals surface area contributed by atoms with Gasteiger partial charge in [0.1, 0.15) is 5.84 Å². The van der Waals surface area contributed by atoms with E-state index in [0.717, 1.165) is 19.3 Å². The fourth-order valence-corrected chi connectivity index (χ4v) is 3.72. The van der Waals surface area contributed by atoms with E-state index in [4.69, 9.17) is 4.74 Å². The number of hydrogen-bond donors (Lipinski definition) is 2. The summed E-state index contributed by atoms with van der Waals surface area (Å²) in [7, 11) is -3.77.